The maximum Gasteiger partial charge on any atom is 0.253 e. The summed E-state index contributed by atoms with van der Waals surface area (Å²) in [7, 11) is 0. The molecule has 0 aliphatic heterocycles. The molecule has 4 nitrogen and oxygen atoms in total. The fourth-order valence-corrected chi connectivity index (χ4v) is 2.98. The van der Waals surface area contributed by atoms with Crippen molar-refractivity contribution in [3.8, 4) is 5.75 Å². The Bertz CT molecular complexity index is 908. The van der Waals surface area contributed by atoms with E-state index in [9.17, 15) is 4.79 Å². The lowest BCUT2D eigenvalue weighted by Gasteiger charge is -2.11. The predicted octanol–water partition coefficient (Wildman–Crippen LogP) is 4.65. The summed E-state index contributed by atoms with van der Waals surface area (Å²) >= 11 is 6.13. The van der Waals surface area contributed by atoms with Crippen LogP contribution in [0.1, 0.15) is 29.8 Å². The van der Waals surface area contributed by atoms with E-state index < -0.39 is 0 Å². The molecule has 1 aromatic heterocycles. The van der Waals surface area contributed by atoms with Crippen LogP contribution in [0.3, 0.4) is 0 Å². The van der Waals surface area contributed by atoms with E-state index in [0.717, 1.165) is 23.1 Å². The molecule has 3 rings (SSSR count). The van der Waals surface area contributed by atoms with Crippen molar-refractivity contribution in [2.75, 3.05) is 6.54 Å². The Balaban J connectivity index is 1.63. The summed E-state index contributed by atoms with van der Waals surface area (Å²) in [5.41, 5.74) is 2.29. The number of fused-ring (bicyclic) bond motifs is 1. The van der Waals surface area contributed by atoms with E-state index in [1.54, 1.807) is 18.3 Å². The van der Waals surface area contributed by atoms with E-state index in [0.29, 0.717) is 22.6 Å². The van der Waals surface area contributed by atoms with Crippen molar-refractivity contribution in [2.45, 2.75) is 26.4 Å². The lowest BCUT2D eigenvalue weighted by molar-refractivity contribution is 0.0955. The fraction of sp³-hybridized carbons (Fsp3) is 0.238. The third kappa shape index (κ3) is 4.52. The van der Waals surface area contributed by atoms with Crippen LogP contribution in [0.2, 0.25) is 5.02 Å². The summed E-state index contributed by atoms with van der Waals surface area (Å²) < 4.78 is 5.63. The van der Waals surface area contributed by atoms with Gasteiger partial charge in [-0.2, -0.15) is 0 Å². The van der Waals surface area contributed by atoms with Crippen LogP contribution in [0.5, 0.6) is 5.75 Å². The van der Waals surface area contributed by atoms with Crippen LogP contribution in [-0.2, 0) is 6.42 Å². The van der Waals surface area contributed by atoms with Crippen LogP contribution >= 0.6 is 11.6 Å². The van der Waals surface area contributed by atoms with Gasteiger partial charge in [0, 0.05) is 23.2 Å². The summed E-state index contributed by atoms with van der Waals surface area (Å²) in [6.07, 6.45) is 2.56. The molecule has 1 N–H and O–H groups in total. The predicted molar refractivity (Wildman–Crippen MR) is 105 cm³/mol. The van der Waals surface area contributed by atoms with Crippen molar-refractivity contribution in [1.29, 1.82) is 0 Å². The van der Waals surface area contributed by atoms with E-state index in [-0.39, 0.29) is 12.0 Å². The zero-order valence-electron chi connectivity index (χ0n) is 14.8. The molecule has 134 valence electrons. The number of carbonyl (C=O) groups excluding carboxylic acids is 1. The maximum absolute atomic E-state index is 12.5. The summed E-state index contributed by atoms with van der Waals surface area (Å²) in [6.45, 7) is 4.53. The van der Waals surface area contributed by atoms with Crippen molar-refractivity contribution >= 4 is 28.4 Å². The maximum atomic E-state index is 12.5. The number of nitrogens with one attached hydrogen (secondary N) is 1. The zero-order valence-corrected chi connectivity index (χ0v) is 15.6. The highest BCUT2D eigenvalue weighted by Gasteiger charge is 2.12. The van der Waals surface area contributed by atoms with Crippen LogP contribution in [0.4, 0.5) is 0 Å². The van der Waals surface area contributed by atoms with Gasteiger partial charge in [-0.25, -0.2) is 0 Å². The molecule has 1 amide bonds. The van der Waals surface area contributed by atoms with Gasteiger partial charge in [0.05, 0.1) is 17.2 Å². The summed E-state index contributed by atoms with van der Waals surface area (Å²) in [5, 5.41) is 4.32. The van der Waals surface area contributed by atoms with Gasteiger partial charge in [-0.05, 0) is 56.2 Å². The van der Waals surface area contributed by atoms with Gasteiger partial charge in [-0.15, -0.1) is 0 Å². The monoisotopic (exact) mass is 368 g/mol. The quantitative estimate of drug-likeness (QED) is 0.689. The Morgan fingerprint density at radius 2 is 1.96 bits per heavy atom. The van der Waals surface area contributed by atoms with Crippen molar-refractivity contribution < 1.29 is 9.53 Å². The Kier molecular flexibility index (Phi) is 5.74. The van der Waals surface area contributed by atoms with E-state index in [1.807, 2.05) is 50.2 Å². The molecule has 0 atom stereocenters. The average molecular weight is 369 g/mol. The summed E-state index contributed by atoms with van der Waals surface area (Å²) in [5.74, 6) is 0.681. The molecule has 0 spiro atoms. The van der Waals surface area contributed by atoms with Gasteiger partial charge >= 0.3 is 0 Å². The number of amides is 1. The number of ether oxygens (including phenoxy) is 1. The van der Waals surface area contributed by atoms with Crippen LogP contribution in [0.15, 0.2) is 54.7 Å². The number of halogens is 1. The van der Waals surface area contributed by atoms with Crippen LogP contribution < -0.4 is 10.1 Å². The van der Waals surface area contributed by atoms with Crippen molar-refractivity contribution in [2.24, 2.45) is 0 Å². The Labute approximate surface area is 158 Å². The average Bonchev–Trinajstić information content (AvgIpc) is 2.62. The van der Waals surface area contributed by atoms with Gasteiger partial charge in [-0.3, -0.25) is 9.78 Å². The highest BCUT2D eigenvalue weighted by Crippen LogP contribution is 2.22. The minimum Gasteiger partial charge on any atom is -0.491 e. The van der Waals surface area contributed by atoms with Crippen LogP contribution in [0.25, 0.3) is 10.9 Å². The summed E-state index contributed by atoms with van der Waals surface area (Å²) in [6, 6.07) is 15.1. The Hall–Kier alpha value is -2.59. The number of aromatic nitrogens is 1. The SMILES string of the molecule is CC(C)Oc1ccc(CCNC(=O)c2cc(Cl)cc3cccnc23)cc1. The molecular formula is C21H21ClN2O2. The summed E-state index contributed by atoms with van der Waals surface area (Å²) in [4.78, 5) is 16.9. The normalized spacial score (nSPS) is 10.9. The lowest BCUT2D eigenvalue weighted by Crippen LogP contribution is -2.26. The molecule has 0 bridgehead atoms. The minimum absolute atomic E-state index is 0.154. The molecule has 0 aliphatic carbocycles. The smallest absolute Gasteiger partial charge is 0.253 e. The Morgan fingerprint density at radius 1 is 1.19 bits per heavy atom. The minimum atomic E-state index is -0.170. The first-order chi connectivity index (χ1) is 12.5. The largest absolute Gasteiger partial charge is 0.491 e. The number of nitrogens with zero attached hydrogens (tertiary/aromatic N) is 1. The molecule has 0 aliphatic rings. The first-order valence-corrected chi connectivity index (χ1v) is 8.99. The van der Waals surface area contributed by atoms with E-state index in [4.69, 9.17) is 16.3 Å². The highest BCUT2D eigenvalue weighted by atomic mass is 35.5. The molecule has 2 aromatic carbocycles. The van der Waals surface area contributed by atoms with Crippen LogP contribution in [0, 0.1) is 0 Å². The number of rotatable bonds is 6. The van der Waals surface area contributed by atoms with Gasteiger partial charge in [0.25, 0.3) is 5.91 Å². The molecule has 0 saturated heterocycles. The van der Waals surface area contributed by atoms with Crippen LogP contribution in [-0.4, -0.2) is 23.5 Å². The van der Waals surface area contributed by atoms with Gasteiger partial charge in [-0.1, -0.05) is 29.8 Å². The van der Waals surface area contributed by atoms with Crippen molar-refractivity contribution in [1.82, 2.24) is 10.3 Å². The van der Waals surface area contributed by atoms with E-state index in [1.165, 1.54) is 0 Å². The molecule has 1 heterocycles. The van der Waals surface area contributed by atoms with E-state index >= 15 is 0 Å². The molecular weight excluding hydrogens is 348 g/mol. The van der Waals surface area contributed by atoms with Gasteiger partial charge in [0.1, 0.15) is 5.75 Å². The molecule has 0 radical (unpaired) electrons. The van der Waals surface area contributed by atoms with Crippen molar-refractivity contribution in [3.05, 3.63) is 70.9 Å². The van der Waals surface area contributed by atoms with Gasteiger partial charge < -0.3 is 10.1 Å². The first-order valence-electron chi connectivity index (χ1n) is 8.61. The Morgan fingerprint density at radius 3 is 2.69 bits per heavy atom. The molecule has 0 unspecified atom stereocenters. The first kappa shape index (κ1) is 18.2. The van der Waals surface area contributed by atoms with Crippen molar-refractivity contribution in [3.63, 3.8) is 0 Å². The lowest BCUT2D eigenvalue weighted by atomic mass is 10.1. The number of pyridine rings is 1. The molecule has 5 heteroatoms. The second-order valence-corrected chi connectivity index (χ2v) is 6.78. The number of benzene rings is 2. The number of hydrogen-bond donors (Lipinski definition) is 1. The third-order valence-corrected chi connectivity index (χ3v) is 4.13. The van der Waals surface area contributed by atoms with Gasteiger partial charge in [0.2, 0.25) is 0 Å². The molecule has 0 fully saturated rings. The fourth-order valence-electron chi connectivity index (χ4n) is 2.75. The highest BCUT2D eigenvalue weighted by molar-refractivity contribution is 6.32. The van der Waals surface area contributed by atoms with E-state index in [2.05, 4.69) is 10.3 Å². The topological polar surface area (TPSA) is 51.2 Å². The second-order valence-electron chi connectivity index (χ2n) is 6.34. The number of carbonyl (C=O) groups is 1. The standard InChI is InChI=1S/C21H21ClN2O2/c1-14(2)26-18-7-5-15(6-8-18)9-11-24-21(25)19-13-17(22)12-16-4-3-10-23-20(16)19/h3-8,10,12-14H,9,11H2,1-2H3,(H,24,25). The third-order valence-electron chi connectivity index (χ3n) is 3.91. The zero-order chi connectivity index (χ0) is 18.5. The molecule has 3 aromatic rings. The molecule has 0 saturated carbocycles. The number of hydrogen-bond acceptors (Lipinski definition) is 3. The second kappa shape index (κ2) is 8.19. The molecule has 26 heavy (non-hydrogen) atoms. The van der Waals surface area contributed by atoms with Gasteiger partial charge in [0.15, 0.2) is 0 Å².